The van der Waals surface area contributed by atoms with Gasteiger partial charge in [-0.15, -0.1) is 0 Å². The molecular formula is C31H33NO2P+. The minimum Gasteiger partial charge on any atom is -0.497 e. The first-order valence-electron chi connectivity index (χ1n) is 12.0. The molecule has 0 heterocycles. The van der Waals surface area contributed by atoms with Crippen molar-refractivity contribution in [1.29, 1.82) is 0 Å². The predicted molar refractivity (Wildman–Crippen MR) is 150 cm³/mol. The van der Waals surface area contributed by atoms with Crippen LogP contribution in [0.5, 0.6) is 5.75 Å². The van der Waals surface area contributed by atoms with E-state index in [-0.39, 0.29) is 11.6 Å². The van der Waals surface area contributed by atoms with Crippen LogP contribution < -0.4 is 26.0 Å². The fourth-order valence-electron chi connectivity index (χ4n) is 5.06. The Morgan fingerprint density at radius 3 is 1.51 bits per heavy atom. The minimum atomic E-state index is -2.34. The number of amides is 1. The fourth-order valence-corrected chi connectivity index (χ4v) is 9.92. The van der Waals surface area contributed by atoms with E-state index < -0.39 is 7.26 Å². The molecule has 1 unspecified atom stereocenters. The Labute approximate surface area is 209 Å². The second-order valence-electron chi connectivity index (χ2n) is 8.78. The topological polar surface area (TPSA) is 38.3 Å². The summed E-state index contributed by atoms with van der Waals surface area (Å²) in [6, 6.07) is 35.7. The van der Waals surface area contributed by atoms with Crippen LogP contribution in [0.2, 0.25) is 0 Å². The Morgan fingerprint density at radius 1 is 0.771 bits per heavy atom. The molecule has 0 spiro atoms. The maximum Gasteiger partial charge on any atom is 0.266 e. The summed E-state index contributed by atoms with van der Waals surface area (Å²) in [6.07, 6.45) is 0.715. The van der Waals surface area contributed by atoms with E-state index in [1.165, 1.54) is 15.9 Å². The first-order valence-corrected chi connectivity index (χ1v) is 13.9. The molecular weight excluding hydrogens is 449 g/mol. The molecule has 0 aliphatic heterocycles. The number of nitrogens with one attached hydrogen (secondary N) is 1. The first-order chi connectivity index (χ1) is 17.0. The fraction of sp³-hybridized carbons (Fsp3) is 0.194. The van der Waals surface area contributed by atoms with Gasteiger partial charge in [-0.2, -0.15) is 0 Å². The smallest absolute Gasteiger partial charge is 0.266 e. The standard InChI is InChI=1S/C31H32NO2P/c1-5-29(31(33)32-30-23(2)21-25(34-4)22-24(30)3)35(26-15-9-6-10-16-26,27-17-11-7-12-18-27)28-19-13-8-14-20-28/h6-22,29H,5H2,1-4H3/p+1. The Balaban J connectivity index is 1.92. The maximum absolute atomic E-state index is 14.3. The summed E-state index contributed by atoms with van der Waals surface area (Å²) in [5.41, 5.74) is 2.61. The summed E-state index contributed by atoms with van der Waals surface area (Å²) in [4.78, 5) is 14.3. The molecule has 4 aromatic carbocycles. The number of carbonyl (C=O) groups is 1. The second-order valence-corrected chi connectivity index (χ2v) is 12.4. The summed E-state index contributed by atoms with van der Waals surface area (Å²) < 4.78 is 5.42. The number of aryl methyl sites for hydroxylation is 2. The van der Waals surface area contributed by atoms with Gasteiger partial charge in [-0.25, -0.2) is 0 Å². The van der Waals surface area contributed by atoms with Crippen LogP contribution in [-0.2, 0) is 4.79 Å². The summed E-state index contributed by atoms with van der Waals surface area (Å²) in [7, 11) is -0.674. The SMILES string of the molecule is CCC(C(=O)Nc1c(C)cc(OC)cc1C)[P+](c1ccccc1)(c1ccccc1)c1ccccc1. The zero-order valence-corrected chi connectivity index (χ0v) is 21.8. The average Bonchev–Trinajstić information content (AvgIpc) is 2.90. The third-order valence-corrected chi connectivity index (χ3v) is 11.5. The van der Waals surface area contributed by atoms with Crippen LogP contribution in [0.25, 0.3) is 0 Å². The lowest BCUT2D eigenvalue weighted by Gasteiger charge is -2.33. The summed E-state index contributed by atoms with van der Waals surface area (Å²) >= 11 is 0. The Bertz CT molecular complexity index is 1150. The molecule has 178 valence electrons. The van der Waals surface area contributed by atoms with Gasteiger partial charge in [0.15, 0.2) is 5.66 Å². The van der Waals surface area contributed by atoms with Gasteiger partial charge in [0.1, 0.15) is 28.9 Å². The molecule has 4 heteroatoms. The van der Waals surface area contributed by atoms with Gasteiger partial charge in [0.25, 0.3) is 5.91 Å². The van der Waals surface area contributed by atoms with Crippen molar-refractivity contribution in [2.45, 2.75) is 32.9 Å². The van der Waals surface area contributed by atoms with Crippen molar-refractivity contribution in [3.8, 4) is 5.75 Å². The van der Waals surface area contributed by atoms with E-state index in [0.717, 1.165) is 22.6 Å². The lowest BCUT2D eigenvalue weighted by molar-refractivity contribution is -0.115. The predicted octanol–water partition coefficient (Wildman–Crippen LogP) is 6.02. The van der Waals surface area contributed by atoms with Gasteiger partial charge in [-0.1, -0.05) is 61.5 Å². The molecule has 4 aromatic rings. The first kappa shape index (κ1) is 24.7. The van der Waals surface area contributed by atoms with E-state index in [0.29, 0.717) is 6.42 Å². The number of anilines is 1. The van der Waals surface area contributed by atoms with Gasteiger partial charge in [0, 0.05) is 5.69 Å². The molecule has 4 rings (SSSR count). The Morgan fingerprint density at radius 2 is 1.17 bits per heavy atom. The van der Waals surface area contributed by atoms with Crippen molar-refractivity contribution in [2.75, 3.05) is 12.4 Å². The quantitative estimate of drug-likeness (QED) is 0.312. The van der Waals surface area contributed by atoms with E-state index >= 15 is 0 Å². The van der Waals surface area contributed by atoms with Crippen LogP contribution in [0.4, 0.5) is 5.69 Å². The molecule has 1 N–H and O–H groups in total. The molecule has 0 bridgehead atoms. The number of carbonyl (C=O) groups excluding carboxylic acids is 1. The van der Waals surface area contributed by atoms with Crippen LogP contribution in [0.3, 0.4) is 0 Å². The molecule has 0 saturated heterocycles. The van der Waals surface area contributed by atoms with Crippen molar-refractivity contribution in [1.82, 2.24) is 0 Å². The van der Waals surface area contributed by atoms with Crippen LogP contribution >= 0.6 is 7.26 Å². The van der Waals surface area contributed by atoms with Gasteiger partial charge < -0.3 is 10.1 Å². The molecule has 0 aliphatic rings. The number of rotatable bonds is 8. The molecule has 0 aliphatic carbocycles. The largest absolute Gasteiger partial charge is 0.497 e. The molecule has 35 heavy (non-hydrogen) atoms. The zero-order valence-electron chi connectivity index (χ0n) is 20.9. The van der Waals surface area contributed by atoms with Gasteiger partial charge in [-0.05, 0) is 79.9 Å². The van der Waals surface area contributed by atoms with Crippen LogP contribution in [0.1, 0.15) is 24.5 Å². The maximum atomic E-state index is 14.3. The van der Waals surface area contributed by atoms with Gasteiger partial charge in [0.05, 0.1) is 7.11 Å². The highest BCUT2D eigenvalue weighted by Gasteiger charge is 2.54. The monoisotopic (exact) mass is 482 g/mol. The average molecular weight is 483 g/mol. The molecule has 0 aromatic heterocycles. The molecule has 0 fully saturated rings. The van der Waals surface area contributed by atoms with E-state index in [2.05, 4.69) is 85.0 Å². The number of ether oxygens (including phenoxy) is 1. The lowest BCUT2D eigenvalue weighted by atomic mass is 10.1. The van der Waals surface area contributed by atoms with E-state index in [4.69, 9.17) is 4.74 Å². The van der Waals surface area contributed by atoms with Gasteiger partial charge in [0.2, 0.25) is 0 Å². The van der Waals surface area contributed by atoms with Crippen LogP contribution in [-0.4, -0.2) is 18.7 Å². The van der Waals surface area contributed by atoms with E-state index in [9.17, 15) is 4.79 Å². The normalized spacial score (nSPS) is 12.1. The van der Waals surface area contributed by atoms with Crippen LogP contribution in [0, 0.1) is 13.8 Å². The van der Waals surface area contributed by atoms with Crippen molar-refractivity contribution in [3.63, 3.8) is 0 Å². The van der Waals surface area contributed by atoms with Crippen molar-refractivity contribution in [2.24, 2.45) is 0 Å². The highest BCUT2D eigenvalue weighted by atomic mass is 31.2. The third-order valence-electron chi connectivity index (χ3n) is 6.64. The van der Waals surface area contributed by atoms with Crippen LogP contribution in [0.15, 0.2) is 103 Å². The van der Waals surface area contributed by atoms with Crippen molar-refractivity contribution < 1.29 is 9.53 Å². The highest BCUT2D eigenvalue weighted by Crippen LogP contribution is 2.61. The molecule has 1 amide bonds. The molecule has 3 nitrogen and oxygen atoms in total. The summed E-state index contributed by atoms with van der Waals surface area (Å²) in [5, 5.41) is 6.96. The Hall–Kier alpha value is -3.42. The van der Waals surface area contributed by atoms with Crippen molar-refractivity contribution >= 4 is 34.8 Å². The Kier molecular flexibility index (Phi) is 7.68. The van der Waals surface area contributed by atoms with E-state index in [1.54, 1.807) is 7.11 Å². The molecule has 1 atom stereocenters. The minimum absolute atomic E-state index is 0.0498. The second kappa shape index (κ2) is 10.9. The number of hydrogen-bond donors (Lipinski definition) is 1. The molecule has 0 saturated carbocycles. The number of methoxy groups -OCH3 is 1. The number of hydrogen-bond acceptors (Lipinski definition) is 2. The third kappa shape index (κ3) is 4.74. The summed E-state index contributed by atoms with van der Waals surface area (Å²) in [6.45, 7) is 6.15. The van der Waals surface area contributed by atoms with Crippen molar-refractivity contribution in [3.05, 3.63) is 114 Å². The number of benzene rings is 4. The lowest BCUT2D eigenvalue weighted by Crippen LogP contribution is -2.44. The van der Waals surface area contributed by atoms with Gasteiger partial charge in [-0.3, -0.25) is 4.79 Å². The van der Waals surface area contributed by atoms with E-state index in [1.807, 2.05) is 44.2 Å². The molecule has 0 radical (unpaired) electrons. The zero-order chi connectivity index (χ0) is 24.8. The highest BCUT2D eigenvalue weighted by molar-refractivity contribution is 7.96. The summed E-state index contributed by atoms with van der Waals surface area (Å²) in [5.74, 6) is 0.846. The van der Waals surface area contributed by atoms with Gasteiger partial charge >= 0.3 is 0 Å².